The van der Waals surface area contributed by atoms with Crippen LogP contribution in [0.15, 0.2) is 30.9 Å². The summed E-state index contributed by atoms with van der Waals surface area (Å²) in [5.74, 6) is 0.810. The number of nitrogens with zero attached hydrogens (tertiary/aromatic N) is 3. The zero-order chi connectivity index (χ0) is 10.5. The van der Waals surface area contributed by atoms with E-state index in [1.807, 2.05) is 18.3 Å². The fraction of sp³-hybridized carbons (Fsp3) is 0.300. The lowest BCUT2D eigenvalue weighted by Crippen LogP contribution is -2.23. The van der Waals surface area contributed by atoms with Gasteiger partial charge in [0.25, 0.3) is 0 Å². The standard InChI is InChI=1S/C10H13N5/c1-2-12-9(10-13-7-14-15-10)8-4-3-5-11-6-8/h3-7,9,12H,2H2,1H3,(H,13,14,15). The van der Waals surface area contributed by atoms with Gasteiger partial charge in [-0.05, 0) is 18.2 Å². The molecule has 0 aliphatic carbocycles. The smallest absolute Gasteiger partial charge is 0.146 e. The molecule has 1 unspecified atom stereocenters. The summed E-state index contributed by atoms with van der Waals surface area (Å²) in [5, 5.41) is 10.1. The Kier molecular flexibility index (Phi) is 3.04. The average Bonchev–Trinajstić information content (AvgIpc) is 2.80. The van der Waals surface area contributed by atoms with Gasteiger partial charge in [-0.15, -0.1) is 0 Å². The Morgan fingerprint density at radius 3 is 3.07 bits per heavy atom. The number of H-pyrrole nitrogens is 1. The molecule has 2 N–H and O–H groups in total. The highest BCUT2D eigenvalue weighted by Gasteiger charge is 2.15. The Morgan fingerprint density at radius 2 is 2.47 bits per heavy atom. The Labute approximate surface area is 88.0 Å². The Bertz CT molecular complexity index is 383. The molecule has 15 heavy (non-hydrogen) atoms. The first-order valence-electron chi connectivity index (χ1n) is 4.90. The van der Waals surface area contributed by atoms with Gasteiger partial charge in [0.15, 0.2) is 0 Å². The van der Waals surface area contributed by atoms with E-state index in [4.69, 9.17) is 0 Å². The van der Waals surface area contributed by atoms with Crippen LogP contribution in [0.4, 0.5) is 0 Å². The SMILES string of the molecule is CCNC(c1cccnc1)c1ncn[nH]1. The minimum atomic E-state index is 0.0335. The van der Waals surface area contributed by atoms with Crippen LogP contribution in [0, 0.1) is 0 Å². The molecule has 0 aliphatic rings. The van der Waals surface area contributed by atoms with E-state index in [0.717, 1.165) is 17.9 Å². The van der Waals surface area contributed by atoms with Crippen LogP contribution in [-0.4, -0.2) is 26.7 Å². The van der Waals surface area contributed by atoms with Crippen LogP contribution in [0.5, 0.6) is 0 Å². The molecule has 0 saturated carbocycles. The van der Waals surface area contributed by atoms with E-state index in [2.05, 4.69) is 32.4 Å². The second kappa shape index (κ2) is 4.65. The van der Waals surface area contributed by atoms with Gasteiger partial charge < -0.3 is 5.32 Å². The number of hydrogen-bond acceptors (Lipinski definition) is 4. The molecule has 1 atom stereocenters. The summed E-state index contributed by atoms with van der Waals surface area (Å²) in [5.41, 5.74) is 1.08. The van der Waals surface area contributed by atoms with Crippen molar-refractivity contribution in [3.05, 3.63) is 42.2 Å². The fourth-order valence-electron chi connectivity index (χ4n) is 1.48. The highest BCUT2D eigenvalue weighted by molar-refractivity contribution is 5.20. The van der Waals surface area contributed by atoms with Gasteiger partial charge in [0.05, 0.1) is 6.04 Å². The summed E-state index contributed by atoms with van der Waals surface area (Å²) in [6, 6.07) is 3.96. The van der Waals surface area contributed by atoms with E-state index in [0.29, 0.717) is 0 Å². The van der Waals surface area contributed by atoms with E-state index >= 15 is 0 Å². The summed E-state index contributed by atoms with van der Waals surface area (Å²) in [7, 11) is 0. The fourth-order valence-corrected chi connectivity index (χ4v) is 1.48. The average molecular weight is 203 g/mol. The van der Waals surface area contributed by atoms with Crippen molar-refractivity contribution in [3.8, 4) is 0 Å². The lowest BCUT2D eigenvalue weighted by Gasteiger charge is -2.14. The van der Waals surface area contributed by atoms with Crippen molar-refractivity contribution in [2.45, 2.75) is 13.0 Å². The van der Waals surface area contributed by atoms with Crippen LogP contribution in [0.2, 0.25) is 0 Å². The number of rotatable bonds is 4. The molecule has 0 aliphatic heterocycles. The number of pyridine rings is 1. The van der Waals surface area contributed by atoms with Gasteiger partial charge in [0.1, 0.15) is 12.2 Å². The molecule has 0 amide bonds. The monoisotopic (exact) mass is 203 g/mol. The quantitative estimate of drug-likeness (QED) is 0.774. The first-order chi connectivity index (χ1) is 7.42. The van der Waals surface area contributed by atoms with E-state index in [1.165, 1.54) is 6.33 Å². The number of nitrogens with one attached hydrogen (secondary N) is 2. The molecule has 2 aromatic rings. The molecular formula is C10H13N5. The number of hydrogen-bond donors (Lipinski definition) is 2. The maximum Gasteiger partial charge on any atom is 0.146 e. The molecule has 5 nitrogen and oxygen atoms in total. The Morgan fingerprint density at radius 1 is 1.53 bits per heavy atom. The predicted octanol–water partition coefficient (Wildman–Crippen LogP) is 0.899. The van der Waals surface area contributed by atoms with Gasteiger partial charge in [-0.3, -0.25) is 10.1 Å². The van der Waals surface area contributed by atoms with Crippen molar-refractivity contribution in [1.29, 1.82) is 0 Å². The maximum atomic E-state index is 4.15. The van der Waals surface area contributed by atoms with Crippen LogP contribution in [0.25, 0.3) is 0 Å². The van der Waals surface area contributed by atoms with Crippen LogP contribution in [0.1, 0.15) is 24.4 Å². The zero-order valence-corrected chi connectivity index (χ0v) is 8.51. The van der Waals surface area contributed by atoms with E-state index in [1.54, 1.807) is 6.20 Å². The van der Waals surface area contributed by atoms with Crippen molar-refractivity contribution in [2.75, 3.05) is 6.54 Å². The summed E-state index contributed by atoms with van der Waals surface area (Å²) >= 11 is 0. The molecule has 2 rings (SSSR count). The highest BCUT2D eigenvalue weighted by Crippen LogP contribution is 2.16. The first-order valence-corrected chi connectivity index (χ1v) is 4.90. The molecule has 2 aromatic heterocycles. The van der Waals surface area contributed by atoms with Gasteiger partial charge in [0, 0.05) is 12.4 Å². The second-order valence-electron chi connectivity index (χ2n) is 3.15. The summed E-state index contributed by atoms with van der Waals surface area (Å²) < 4.78 is 0. The summed E-state index contributed by atoms with van der Waals surface area (Å²) in [6.07, 6.45) is 5.10. The number of aromatic nitrogens is 4. The summed E-state index contributed by atoms with van der Waals surface area (Å²) in [6.45, 7) is 2.92. The van der Waals surface area contributed by atoms with Crippen LogP contribution < -0.4 is 5.32 Å². The van der Waals surface area contributed by atoms with Crippen LogP contribution in [-0.2, 0) is 0 Å². The van der Waals surface area contributed by atoms with E-state index < -0.39 is 0 Å². The van der Waals surface area contributed by atoms with Crippen LogP contribution in [0.3, 0.4) is 0 Å². The second-order valence-corrected chi connectivity index (χ2v) is 3.15. The lowest BCUT2D eigenvalue weighted by atomic mass is 10.1. The minimum absolute atomic E-state index is 0.0335. The van der Waals surface area contributed by atoms with Gasteiger partial charge in [-0.2, -0.15) is 5.10 Å². The highest BCUT2D eigenvalue weighted by atomic mass is 15.2. The third kappa shape index (κ3) is 2.19. The largest absolute Gasteiger partial charge is 0.304 e. The lowest BCUT2D eigenvalue weighted by molar-refractivity contribution is 0.598. The molecule has 0 aromatic carbocycles. The third-order valence-electron chi connectivity index (χ3n) is 2.13. The number of aromatic amines is 1. The van der Waals surface area contributed by atoms with E-state index in [-0.39, 0.29) is 6.04 Å². The van der Waals surface area contributed by atoms with Gasteiger partial charge >= 0.3 is 0 Å². The van der Waals surface area contributed by atoms with Crippen molar-refractivity contribution in [3.63, 3.8) is 0 Å². The maximum absolute atomic E-state index is 4.15. The van der Waals surface area contributed by atoms with Crippen molar-refractivity contribution in [2.24, 2.45) is 0 Å². The topological polar surface area (TPSA) is 66.5 Å². The molecule has 0 bridgehead atoms. The molecule has 5 heteroatoms. The first kappa shape index (κ1) is 9.79. The molecule has 0 fully saturated rings. The molecule has 0 saturated heterocycles. The van der Waals surface area contributed by atoms with Gasteiger partial charge in [0.2, 0.25) is 0 Å². The molecule has 0 spiro atoms. The molecule has 78 valence electrons. The van der Waals surface area contributed by atoms with Crippen molar-refractivity contribution < 1.29 is 0 Å². The molecular weight excluding hydrogens is 190 g/mol. The molecule has 0 radical (unpaired) electrons. The minimum Gasteiger partial charge on any atom is -0.304 e. The zero-order valence-electron chi connectivity index (χ0n) is 8.51. The third-order valence-corrected chi connectivity index (χ3v) is 2.13. The van der Waals surface area contributed by atoms with Gasteiger partial charge in [-0.1, -0.05) is 13.0 Å². The molecule has 2 heterocycles. The predicted molar refractivity (Wildman–Crippen MR) is 56.1 cm³/mol. The normalized spacial score (nSPS) is 12.6. The van der Waals surface area contributed by atoms with Crippen LogP contribution >= 0.6 is 0 Å². The summed E-state index contributed by atoms with van der Waals surface area (Å²) in [4.78, 5) is 8.25. The van der Waals surface area contributed by atoms with Crippen molar-refractivity contribution >= 4 is 0 Å². The van der Waals surface area contributed by atoms with E-state index in [9.17, 15) is 0 Å². The Balaban J connectivity index is 2.28. The Hall–Kier alpha value is -1.75. The van der Waals surface area contributed by atoms with Crippen molar-refractivity contribution in [1.82, 2.24) is 25.5 Å². The van der Waals surface area contributed by atoms with Gasteiger partial charge in [-0.25, -0.2) is 4.98 Å².